The van der Waals surface area contributed by atoms with E-state index in [-0.39, 0.29) is 0 Å². The van der Waals surface area contributed by atoms with E-state index in [4.69, 9.17) is 22.6 Å². The molecule has 0 saturated heterocycles. The van der Waals surface area contributed by atoms with Crippen LogP contribution in [0.15, 0.2) is 34.9 Å². The first kappa shape index (κ1) is 12.7. The van der Waals surface area contributed by atoms with Crippen LogP contribution in [0.1, 0.15) is 5.56 Å². The second-order valence-corrected chi connectivity index (χ2v) is 4.87. The first-order valence-corrected chi connectivity index (χ1v) is 6.15. The molecular formula is C12H8BrClN4. The quantitative estimate of drug-likeness (QED) is 0.883. The van der Waals surface area contributed by atoms with E-state index < -0.39 is 0 Å². The van der Waals surface area contributed by atoms with E-state index in [1.807, 2.05) is 6.07 Å². The predicted molar refractivity (Wildman–Crippen MR) is 75.8 cm³/mol. The Bertz CT molecular complexity index is 636. The van der Waals surface area contributed by atoms with Gasteiger partial charge in [0.1, 0.15) is 6.07 Å². The lowest BCUT2D eigenvalue weighted by Crippen LogP contribution is -2.00. The minimum atomic E-state index is 0.425. The van der Waals surface area contributed by atoms with Crippen molar-refractivity contribution in [2.45, 2.75) is 0 Å². The second-order valence-electron chi connectivity index (χ2n) is 3.52. The van der Waals surface area contributed by atoms with Gasteiger partial charge < -0.3 is 11.1 Å². The molecule has 0 aliphatic rings. The third kappa shape index (κ3) is 2.73. The van der Waals surface area contributed by atoms with Gasteiger partial charge in [0.2, 0.25) is 0 Å². The number of pyridine rings is 1. The van der Waals surface area contributed by atoms with Gasteiger partial charge >= 0.3 is 0 Å². The lowest BCUT2D eigenvalue weighted by atomic mass is 10.2. The summed E-state index contributed by atoms with van der Waals surface area (Å²) in [7, 11) is 0. The number of nitriles is 1. The van der Waals surface area contributed by atoms with E-state index in [0.717, 1.165) is 4.47 Å². The van der Waals surface area contributed by atoms with Gasteiger partial charge in [-0.3, -0.25) is 0 Å². The summed E-state index contributed by atoms with van der Waals surface area (Å²) in [6, 6.07) is 9.02. The maximum absolute atomic E-state index is 9.05. The highest BCUT2D eigenvalue weighted by atomic mass is 79.9. The normalized spacial score (nSPS) is 9.83. The van der Waals surface area contributed by atoms with Crippen LogP contribution in [0, 0.1) is 11.3 Å². The van der Waals surface area contributed by atoms with E-state index in [2.05, 4.69) is 32.3 Å². The molecule has 0 bridgehead atoms. The van der Waals surface area contributed by atoms with Gasteiger partial charge in [-0.05, 0) is 24.3 Å². The Kier molecular flexibility index (Phi) is 3.70. The summed E-state index contributed by atoms with van der Waals surface area (Å²) < 4.78 is 0.835. The Morgan fingerprint density at radius 2 is 2.17 bits per heavy atom. The number of rotatable bonds is 2. The van der Waals surface area contributed by atoms with E-state index in [0.29, 0.717) is 27.8 Å². The van der Waals surface area contributed by atoms with Gasteiger partial charge in [-0.2, -0.15) is 5.26 Å². The number of benzene rings is 1. The molecule has 0 radical (unpaired) electrons. The van der Waals surface area contributed by atoms with Crippen molar-refractivity contribution >= 4 is 44.7 Å². The van der Waals surface area contributed by atoms with Gasteiger partial charge in [0.15, 0.2) is 5.82 Å². The Labute approximate surface area is 118 Å². The molecule has 1 heterocycles. The highest BCUT2D eigenvalue weighted by Gasteiger charge is 2.06. The number of aromatic nitrogens is 1. The number of halogens is 2. The highest BCUT2D eigenvalue weighted by molar-refractivity contribution is 9.10. The largest absolute Gasteiger partial charge is 0.396 e. The third-order valence-electron chi connectivity index (χ3n) is 2.24. The number of nitrogen functional groups attached to an aromatic ring is 1. The predicted octanol–water partition coefficient (Wildman–Crippen LogP) is 3.69. The Morgan fingerprint density at radius 1 is 1.39 bits per heavy atom. The van der Waals surface area contributed by atoms with Crippen molar-refractivity contribution in [1.82, 2.24) is 4.98 Å². The molecule has 0 fully saturated rings. The van der Waals surface area contributed by atoms with Crippen LogP contribution in [0.4, 0.5) is 17.2 Å². The minimum absolute atomic E-state index is 0.425. The third-order valence-corrected chi connectivity index (χ3v) is 2.94. The number of nitrogens with zero attached hydrogens (tertiary/aromatic N) is 2. The first-order valence-electron chi connectivity index (χ1n) is 4.98. The number of hydrogen-bond donors (Lipinski definition) is 2. The van der Waals surface area contributed by atoms with Crippen LogP contribution in [0.2, 0.25) is 5.02 Å². The Hall–Kier alpha value is -1.77. The molecule has 2 rings (SSSR count). The SMILES string of the molecule is N#Cc1cc(Br)ccc1Nc1ncc(Cl)cc1N. The van der Waals surface area contributed by atoms with Crippen LogP contribution in [-0.4, -0.2) is 4.98 Å². The van der Waals surface area contributed by atoms with Crippen LogP contribution in [0.3, 0.4) is 0 Å². The number of nitrogens with one attached hydrogen (secondary N) is 1. The van der Waals surface area contributed by atoms with Gasteiger partial charge in [0.05, 0.1) is 22.0 Å². The second kappa shape index (κ2) is 5.25. The molecule has 4 nitrogen and oxygen atoms in total. The van der Waals surface area contributed by atoms with Gasteiger partial charge in [-0.25, -0.2) is 4.98 Å². The average Bonchev–Trinajstić information content (AvgIpc) is 2.34. The van der Waals surface area contributed by atoms with E-state index >= 15 is 0 Å². The van der Waals surface area contributed by atoms with Crippen molar-refractivity contribution in [3.63, 3.8) is 0 Å². The van der Waals surface area contributed by atoms with E-state index in [1.54, 1.807) is 18.2 Å². The fourth-order valence-electron chi connectivity index (χ4n) is 1.40. The van der Waals surface area contributed by atoms with Crippen molar-refractivity contribution in [1.29, 1.82) is 5.26 Å². The summed E-state index contributed by atoms with van der Waals surface area (Å²) in [4.78, 5) is 4.08. The molecule has 2 aromatic rings. The monoisotopic (exact) mass is 322 g/mol. The first-order chi connectivity index (χ1) is 8.60. The molecular weight excluding hydrogens is 316 g/mol. The molecule has 0 aliphatic heterocycles. The average molecular weight is 324 g/mol. The standard InChI is InChI=1S/C12H8BrClN4/c13-8-1-2-11(7(3-8)5-15)18-12-10(16)4-9(14)6-17-12/h1-4,6H,16H2,(H,17,18). The van der Waals surface area contributed by atoms with E-state index in [9.17, 15) is 0 Å². The smallest absolute Gasteiger partial charge is 0.153 e. The fraction of sp³-hybridized carbons (Fsp3) is 0. The van der Waals surface area contributed by atoms with E-state index in [1.165, 1.54) is 6.20 Å². The van der Waals surface area contributed by atoms with Gasteiger partial charge in [-0.1, -0.05) is 27.5 Å². The van der Waals surface area contributed by atoms with Crippen molar-refractivity contribution in [2.75, 3.05) is 11.1 Å². The highest BCUT2D eigenvalue weighted by Crippen LogP contribution is 2.27. The van der Waals surface area contributed by atoms with Crippen molar-refractivity contribution < 1.29 is 0 Å². The number of nitrogens with two attached hydrogens (primary N) is 1. The molecule has 0 saturated carbocycles. The van der Waals surface area contributed by atoms with Crippen LogP contribution < -0.4 is 11.1 Å². The number of hydrogen-bond acceptors (Lipinski definition) is 4. The lowest BCUT2D eigenvalue weighted by molar-refractivity contribution is 1.31. The van der Waals surface area contributed by atoms with Gasteiger partial charge in [0.25, 0.3) is 0 Å². The molecule has 6 heteroatoms. The zero-order valence-electron chi connectivity index (χ0n) is 9.11. The summed E-state index contributed by atoms with van der Waals surface area (Å²) >= 11 is 9.08. The van der Waals surface area contributed by atoms with Crippen LogP contribution in [-0.2, 0) is 0 Å². The summed E-state index contributed by atoms with van der Waals surface area (Å²) in [5, 5.41) is 12.5. The molecule has 0 aliphatic carbocycles. The minimum Gasteiger partial charge on any atom is -0.396 e. The summed E-state index contributed by atoms with van der Waals surface area (Å²) in [5.74, 6) is 0.471. The fourth-order valence-corrected chi connectivity index (χ4v) is 1.93. The topological polar surface area (TPSA) is 74.7 Å². The Balaban J connectivity index is 2.37. The summed E-state index contributed by atoms with van der Waals surface area (Å²) in [6.07, 6.45) is 1.49. The molecule has 1 aromatic heterocycles. The zero-order valence-corrected chi connectivity index (χ0v) is 11.5. The molecule has 0 spiro atoms. The molecule has 18 heavy (non-hydrogen) atoms. The number of anilines is 3. The van der Waals surface area contributed by atoms with Crippen LogP contribution in [0.5, 0.6) is 0 Å². The van der Waals surface area contributed by atoms with Gasteiger partial charge in [0, 0.05) is 10.7 Å². The summed E-state index contributed by atoms with van der Waals surface area (Å²) in [6.45, 7) is 0. The molecule has 90 valence electrons. The van der Waals surface area contributed by atoms with Crippen LogP contribution >= 0.6 is 27.5 Å². The molecule has 0 amide bonds. The Morgan fingerprint density at radius 3 is 2.83 bits per heavy atom. The summed E-state index contributed by atoms with van der Waals surface area (Å²) in [5.41, 5.74) is 7.36. The lowest BCUT2D eigenvalue weighted by Gasteiger charge is -2.10. The zero-order chi connectivity index (χ0) is 13.1. The maximum Gasteiger partial charge on any atom is 0.153 e. The van der Waals surface area contributed by atoms with Gasteiger partial charge in [-0.15, -0.1) is 0 Å². The molecule has 0 unspecified atom stereocenters. The van der Waals surface area contributed by atoms with Crippen LogP contribution in [0.25, 0.3) is 0 Å². The maximum atomic E-state index is 9.05. The van der Waals surface area contributed by atoms with Crippen molar-refractivity contribution in [2.24, 2.45) is 0 Å². The van der Waals surface area contributed by atoms with Crippen molar-refractivity contribution in [3.05, 3.63) is 45.5 Å². The molecule has 0 atom stereocenters. The molecule has 3 N–H and O–H groups in total. The molecule has 1 aromatic carbocycles. The van der Waals surface area contributed by atoms with Crippen molar-refractivity contribution in [3.8, 4) is 6.07 Å².